The van der Waals surface area contributed by atoms with Crippen LogP contribution in [0.1, 0.15) is 20.3 Å². The number of carbonyl (C=O) groups is 1. The highest BCUT2D eigenvalue weighted by atomic mass is 35.5. The van der Waals surface area contributed by atoms with Gasteiger partial charge in [0.15, 0.2) is 5.82 Å². The summed E-state index contributed by atoms with van der Waals surface area (Å²) in [4.78, 5) is 10.9. The Morgan fingerprint density at radius 1 is 1.42 bits per heavy atom. The molecule has 1 atom stereocenters. The zero-order chi connectivity index (χ0) is 14.8. The van der Waals surface area contributed by atoms with E-state index in [1.807, 2.05) is 0 Å². The van der Waals surface area contributed by atoms with Crippen LogP contribution in [0.2, 0.25) is 10.0 Å². The van der Waals surface area contributed by atoms with Gasteiger partial charge < -0.3 is 0 Å². The number of hydrogen-bond donors (Lipinski definition) is 1. The van der Waals surface area contributed by atoms with Crippen molar-refractivity contribution in [1.29, 1.82) is 0 Å². The summed E-state index contributed by atoms with van der Waals surface area (Å²) in [5, 5.41) is -0.877. The lowest BCUT2D eigenvalue weighted by Crippen LogP contribution is -2.38. The number of carbonyl (C=O) groups excluding carboxylic acids is 1. The van der Waals surface area contributed by atoms with Crippen molar-refractivity contribution >= 4 is 39.0 Å². The lowest BCUT2D eigenvalue weighted by molar-refractivity contribution is -0.119. The number of Topliss-reactive ketones (excluding diaryl/α,β-unsaturated/α-hetero) is 1. The van der Waals surface area contributed by atoms with E-state index in [1.165, 1.54) is 6.92 Å². The number of halogens is 3. The second kappa shape index (κ2) is 6.17. The fourth-order valence-corrected chi connectivity index (χ4v) is 3.36. The van der Waals surface area contributed by atoms with Gasteiger partial charge in [0.05, 0.1) is 16.1 Å². The summed E-state index contributed by atoms with van der Waals surface area (Å²) in [6.07, 6.45) is 0.187. The predicted molar refractivity (Wildman–Crippen MR) is 71.5 cm³/mol. The van der Waals surface area contributed by atoms with E-state index in [-0.39, 0.29) is 17.2 Å². The zero-order valence-electron chi connectivity index (χ0n) is 10.2. The van der Waals surface area contributed by atoms with Gasteiger partial charge in [-0.3, -0.25) is 4.79 Å². The third-order valence-corrected chi connectivity index (χ3v) is 4.81. The molecule has 0 fully saturated rings. The first-order chi connectivity index (χ1) is 8.70. The maximum Gasteiger partial charge on any atom is 0.242 e. The molecule has 1 aromatic rings. The molecule has 0 aliphatic heterocycles. The van der Waals surface area contributed by atoms with Crippen molar-refractivity contribution in [3.63, 3.8) is 0 Å². The summed E-state index contributed by atoms with van der Waals surface area (Å²) in [7, 11) is -4.09. The highest BCUT2D eigenvalue weighted by molar-refractivity contribution is 7.89. The molecule has 1 rings (SSSR count). The molecule has 0 heterocycles. The van der Waals surface area contributed by atoms with Gasteiger partial charge in [-0.1, -0.05) is 30.1 Å². The van der Waals surface area contributed by atoms with Gasteiger partial charge in [-0.05, 0) is 19.1 Å². The molecule has 1 N–H and O–H groups in total. The van der Waals surface area contributed by atoms with Gasteiger partial charge in [0.1, 0.15) is 10.7 Å². The zero-order valence-corrected chi connectivity index (χ0v) is 12.5. The monoisotopic (exact) mass is 327 g/mol. The molecule has 4 nitrogen and oxygen atoms in total. The van der Waals surface area contributed by atoms with E-state index < -0.39 is 31.8 Å². The smallest absolute Gasteiger partial charge is 0.242 e. The Hall–Kier alpha value is -0.690. The van der Waals surface area contributed by atoms with Gasteiger partial charge in [0.2, 0.25) is 10.0 Å². The van der Waals surface area contributed by atoms with Gasteiger partial charge in [-0.2, -0.15) is 0 Å². The molecule has 0 bridgehead atoms. The molecule has 1 aromatic carbocycles. The van der Waals surface area contributed by atoms with E-state index in [4.69, 9.17) is 23.2 Å². The molecule has 0 aromatic heterocycles. The van der Waals surface area contributed by atoms with E-state index in [0.29, 0.717) is 0 Å². The molecule has 19 heavy (non-hydrogen) atoms. The molecular formula is C11H12Cl2FNO3S. The van der Waals surface area contributed by atoms with Crippen molar-refractivity contribution in [1.82, 2.24) is 4.72 Å². The van der Waals surface area contributed by atoms with Crippen LogP contribution in [-0.4, -0.2) is 20.2 Å². The first kappa shape index (κ1) is 16.4. The Kier molecular flexibility index (Phi) is 5.32. The summed E-state index contributed by atoms with van der Waals surface area (Å²) < 4.78 is 39.6. The van der Waals surface area contributed by atoms with E-state index in [0.717, 1.165) is 12.1 Å². The SMILES string of the molecule is CCC(=O)C(C)NS(=O)(=O)c1ccc(Cl)c(F)c1Cl. The van der Waals surface area contributed by atoms with Crippen molar-refractivity contribution in [3.05, 3.63) is 28.0 Å². The highest BCUT2D eigenvalue weighted by Gasteiger charge is 2.25. The lowest BCUT2D eigenvalue weighted by Gasteiger charge is -2.13. The van der Waals surface area contributed by atoms with Gasteiger partial charge in [0, 0.05) is 6.42 Å². The third-order valence-electron chi connectivity index (χ3n) is 2.45. The van der Waals surface area contributed by atoms with E-state index >= 15 is 0 Å². The number of sulfonamides is 1. The van der Waals surface area contributed by atoms with Crippen molar-refractivity contribution in [2.24, 2.45) is 0 Å². The molecule has 0 spiro atoms. The summed E-state index contributed by atoms with van der Waals surface area (Å²) in [5.41, 5.74) is 0. The number of ketones is 1. The first-order valence-corrected chi connectivity index (χ1v) is 7.63. The minimum absolute atomic E-state index is 0.187. The molecule has 8 heteroatoms. The molecule has 0 aliphatic rings. The van der Waals surface area contributed by atoms with E-state index in [9.17, 15) is 17.6 Å². The van der Waals surface area contributed by atoms with Crippen LogP contribution in [-0.2, 0) is 14.8 Å². The Bertz CT molecular complexity index is 604. The third kappa shape index (κ3) is 3.66. The van der Waals surface area contributed by atoms with Crippen molar-refractivity contribution < 1.29 is 17.6 Å². The summed E-state index contributed by atoms with van der Waals surface area (Å²) in [6, 6.07) is 1.26. The average Bonchev–Trinajstić information content (AvgIpc) is 2.33. The minimum Gasteiger partial charge on any atom is -0.298 e. The van der Waals surface area contributed by atoms with Gasteiger partial charge >= 0.3 is 0 Å². The largest absolute Gasteiger partial charge is 0.298 e. The highest BCUT2D eigenvalue weighted by Crippen LogP contribution is 2.29. The summed E-state index contributed by atoms with van der Waals surface area (Å²) >= 11 is 11.1. The molecule has 0 saturated heterocycles. The topological polar surface area (TPSA) is 63.2 Å². The second-order valence-corrected chi connectivity index (χ2v) is 6.30. The van der Waals surface area contributed by atoms with E-state index in [1.54, 1.807) is 6.92 Å². The maximum atomic E-state index is 13.5. The second-order valence-electron chi connectivity index (χ2n) is 3.84. The van der Waals surface area contributed by atoms with Gasteiger partial charge in [-0.25, -0.2) is 17.5 Å². The van der Waals surface area contributed by atoms with E-state index in [2.05, 4.69) is 4.72 Å². The Balaban J connectivity index is 3.15. The minimum atomic E-state index is -4.09. The van der Waals surface area contributed by atoms with Crippen LogP contribution in [0.25, 0.3) is 0 Å². The standard InChI is InChI=1S/C11H12Cl2FNO3S/c1-3-8(16)6(2)15-19(17,18)9-5-4-7(12)11(14)10(9)13/h4-6,15H,3H2,1-2H3. The van der Waals surface area contributed by atoms with Crippen LogP contribution in [0.5, 0.6) is 0 Å². The maximum absolute atomic E-state index is 13.5. The van der Waals surface area contributed by atoms with Crippen LogP contribution in [0.3, 0.4) is 0 Å². The fraction of sp³-hybridized carbons (Fsp3) is 0.364. The summed E-state index contributed by atoms with van der Waals surface area (Å²) in [5.74, 6) is -1.30. The van der Waals surface area contributed by atoms with Crippen LogP contribution < -0.4 is 4.72 Å². The van der Waals surface area contributed by atoms with Gasteiger partial charge in [0.25, 0.3) is 0 Å². The molecule has 1 unspecified atom stereocenters. The Morgan fingerprint density at radius 3 is 2.53 bits per heavy atom. The van der Waals surface area contributed by atoms with Crippen LogP contribution in [0.4, 0.5) is 4.39 Å². The van der Waals surface area contributed by atoms with Crippen LogP contribution >= 0.6 is 23.2 Å². The number of benzene rings is 1. The molecule has 106 valence electrons. The van der Waals surface area contributed by atoms with Crippen molar-refractivity contribution in [2.45, 2.75) is 31.2 Å². The normalized spacial score (nSPS) is 13.3. The quantitative estimate of drug-likeness (QED) is 0.846. The average molecular weight is 328 g/mol. The molecular weight excluding hydrogens is 316 g/mol. The number of nitrogens with one attached hydrogen (secondary N) is 1. The van der Waals surface area contributed by atoms with Crippen molar-refractivity contribution in [3.8, 4) is 0 Å². The molecule has 0 amide bonds. The molecule has 0 aliphatic carbocycles. The predicted octanol–water partition coefficient (Wildman–Crippen LogP) is 2.78. The van der Waals surface area contributed by atoms with Crippen molar-refractivity contribution in [2.75, 3.05) is 0 Å². The molecule has 0 radical (unpaired) electrons. The fourth-order valence-electron chi connectivity index (χ4n) is 1.38. The number of rotatable bonds is 5. The van der Waals surface area contributed by atoms with Gasteiger partial charge in [-0.15, -0.1) is 0 Å². The molecule has 0 saturated carbocycles. The van der Waals surface area contributed by atoms with Crippen LogP contribution in [0.15, 0.2) is 17.0 Å². The Morgan fingerprint density at radius 2 is 2.00 bits per heavy atom. The first-order valence-electron chi connectivity index (χ1n) is 5.39. The summed E-state index contributed by atoms with van der Waals surface area (Å²) in [6.45, 7) is 3.02. The van der Waals surface area contributed by atoms with Crippen LogP contribution in [0, 0.1) is 5.82 Å². The Labute approximate surface area is 121 Å². The number of hydrogen-bond acceptors (Lipinski definition) is 3. The lowest BCUT2D eigenvalue weighted by atomic mass is 10.2.